The summed E-state index contributed by atoms with van der Waals surface area (Å²) in [7, 11) is 2.15. The number of para-hydroxylation sites is 1. The lowest BCUT2D eigenvalue weighted by molar-refractivity contribution is -0.134. The number of nitrogens with zero attached hydrogens (tertiary/aromatic N) is 4. The highest BCUT2D eigenvalue weighted by atomic mass is 19.1. The summed E-state index contributed by atoms with van der Waals surface area (Å²) < 4.78 is 15.1. The Balaban J connectivity index is 0.000000293. The number of benzene rings is 2. The molecule has 8 nitrogen and oxygen atoms in total. The van der Waals surface area contributed by atoms with Crippen LogP contribution in [0, 0.1) is 5.82 Å². The van der Waals surface area contributed by atoms with Crippen LogP contribution in [0.5, 0.6) is 0 Å². The molecule has 3 aromatic rings. The average molecular weight is 426 g/mol. The third-order valence-corrected chi connectivity index (χ3v) is 4.81. The molecule has 9 heteroatoms. The fourth-order valence-electron chi connectivity index (χ4n) is 3.22. The van der Waals surface area contributed by atoms with E-state index < -0.39 is 11.9 Å². The fourth-order valence-corrected chi connectivity index (χ4v) is 3.22. The van der Waals surface area contributed by atoms with Gasteiger partial charge in [-0.15, -0.1) is 5.10 Å². The highest BCUT2D eigenvalue weighted by Gasteiger charge is 2.20. The van der Waals surface area contributed by atoms with Crippen LogP contribution in [-0.2, 0) is 9.59 Å². The standard InChI is InChI=1S/C18H19FN4.C4H4O4/c1-21-10-12-22(13-11-21)18-16-4-2-3-5-17(16)23(20-18)15-8-6-14(19)7-9-15;5-3(6)1-2-4(7)8/h2-9H,10-13H2,1H3;1-2H,(H,5,6)(H,7,8). The van der Waals surface area contributed by atoms with Crippen molar-refractivity contribution >= 4 is 28.7 Å². The average Bonchev–Trinajstić information content (AvgIpc) is 3.14. The number of carboxylic acids is 2. The van der Waals surface area contributed by atoms with Crippen molar-refractivity contribution in [2.75, 3.05) is 38.1 Å². The number of rotatable bonds is 4. The highest BCUT2D eigenvalue weighted by Crippen LogP contribution is 2.29. The van der Waals surface area contributed by atoms with Gasteiger partial charge >= 0.3 is 11.9 Å². The van der Waals surface area contributed by atoms with Crippen LogP contribution in [0.15, 0.2) is 60.7 Å². The number of hydrogen-bond donors (Lipinski definition) is 2. The number of carbonyl (C=O) groups is 2. The summed E-state index contributed by atoms with van der Waals surface area (Å²) in [6, 6.07) is 14.7. The number of halogens is 1. The van der Waals surface area contributed by atoms with E-state index in [1.54, 1.807) is 12.1 Å². The molecule has 2 N–H and O–H groups in total. The maximum atomic E-state index is 13.2. The normalized spacial score (nSPS) is 14.5. The van der Waals surface area contributed by atoms with Crippen LogP contribution in [-0.4, -0.2) is 70.1 Å². The molecule has 4 rings (SSSR count). The number of anilines is 1. The van der Waals surface area contributed by atoms with E-state index >= 15 is 0 Å². The molecule has 0 bridgehead atoms. The topological polar surface area (TPSA) is 98.9 Å². The van der Waals surface area contributed by atoms with Gasteiger partial charge in [0.05, 0.1) is 11.2 Å². The summed E-state index contributed by atoms with van der Waals surface area (Å²) in [5.41, 5.74) is 1.93. The van der Waals surface area contributed by atoms with E-state index in [4.69, 9.17) is 15.3 Å². The summed E-state index contributed by atoms with van der Waals surface area (Å²) in [5.74, 6) is -1.73. The number of fused-ring (bicyclic) bond motifs is 1. The van der Waals surface area contributed by atoms with E-state index in [0.29, 0.717) is 12.2 Å². The molecule has 0 spiro atoms. The van der Waals surface area contributed by atoms with Crippen molar-refractivity contribution in [3.8, 4) is 5.69 Å². The second-order valence-corrected chi connectivity index (χ2v) is 7.03. The first-order valence-corrected chi connectivity index (χ1v) is 9.66. The minimum atomic E-state index is -1.26. The molecule has 1 aliphatic heterocycles. The van der Waals surface area contributed by atoms with Gasteiger partial charge in [-0.3, -0.25) is 0 Å². The second kappa shape index (κ2) is 9.86. The predicted molar refractivity (Wildman–Crippen MR) is 115 cm³/mol. The Morgan fingerprint density at radius 1 is 0.935 bits per heavy atom. The van der Waals surface area contributed by atoms with Crippen molar-refractivity contribution in [1.82, 2.24) is 14.7 Å². The van der Waals surface area contributed by atoms with Gasteiger partial charge < -0.3 is 20.0 Å². The lowest BCUT2D eigenvalue weighted by Gasteiger charge is -2.32. The molecule has 2 heterocycles. The van der Waals surface area contributed by atoms with Crippen molar-refractivity contribution in [1.29, 1.82) is 0 Å². The Morgan fingerprint density at radius 3 is 2.10 bits per heavy atom. The molecule has 162 valence electrons. The van der Waals surface area contributed by atoms with E-state index in [1.165, 1.54) is 12.1 Å². The van der Waals surface area contributed by atoms with Gasteiger partial charge in [-0.05, 0) is 43.4 Å². The number of carboxylic acid groups (broad SMARTS) is 2. The number of aliphatic carboxylic acids is 2. The van der Waals surface area contributed by atoms with Crippen LogP contribution in [0.3, 0.4) is 0 Å². The van der Waals surface area contributed by atoms with Crippen LogP contribution in [0.1, 0.15) is 0 Å². The minimum Gasteiger partial charge on any atom is -0.478 e. The molecule has 1 aromatic heterocycles. The van der Waals surface area contributed by atoms with Gasteiger partial charge in [-0.2, -0.15) is 0 Å². The van der Waals surface area contributed by atoms with Crippen molar-refractivity contribution < 1.29 is 24.2 Å². The Kier molecular flexibility index (Phi) is 6.99. The van der Waals surface area contributed by atoms with Gasteiger partial charge in [-0.25, -0.2) is 18.7 Å². The number of aromatic nitrogens is 2. The minimum absolute atomic E-state index is 0.232. The molecule has 1 saturated heterocycles. The Labute approximate surface area is 178 Å². The maximum Gasteiger partial charge on any atom is 0.328 e. The van der Waals surface area contributed by atoms with Gasteiger partial charge in [0, 0.05) is 43.7 Å². The van der Waals surface area contributed by atoms with E-state index in [2.05, 4.69) is 29.0 Å². The van der Waals surface area contributed by atoms with Crippen molar-refractivity contribution in [3.05, 3.63) is 66.5 Å². The number of hydrogen-bond acceptors (Lipinski definition) is 5. The van der Waals surface area contributed by atoms with E-state index in [-0.39, 0.29) is 5.82 Å². The molecule has 0 unspecified atom stereocenters. The largest absolute Gasteiger partial charge is 0.478 e. The zero-order chi connectivity index (χ0) is 22.4. The molecular formula is C22H23FN4O4. The second-order valence-electron chi connectivity index (χ2n) is 7.03. The van der Waals surface area contributed by atoms with Crippen LogP contribution < -0.4 is 4.90 Å². The smallest absolute Gasteiger partial charge is 0.328 e. The molecule has 1 fully saturated rings. The molecule has 0 amide bonds. The fraction of sp³-hybridized carbons (Fsp3) is 0.227. The summed E-state index contributed by atoms with van der Waals surface area (Å²) in [6.07, 6.45) is 1.12. The summed E-state index contributed by atoms with van der Waals surface area (Å²) in [5, 5.41) is 21.6. The van der Waals surface area contributed by atoms with Gasteiger partial charge in [0.15, 0.2) is 5.82 Å². The van der Waals surface area contributed by atoms with Crippen LogP contribution in [0.25, 0.3) is 16.6 Å². The third kappa shape index (κ3) is 5.67. The maximum absolute atomic E-state index is 13.2. The number of piperazine rings is 1. The molecule has 0 atom stereocenters. The Hall–Kier alpha value is -3.72. The van der Waals surface area contributed by atoms with Gasteiger partial charge in [0.25, 0.3) is 0 Å². The first-order valence-electron chi connectivity index (χ1n) is 9.66. The third-order valence-electron chi connectivity index (χ3n) is 4.81. The lowest BCUT2D eigenvalue weighted by atomic mass is 10.2. The first kappa shape index (κ1) is 22.0. The molecule has 0 saturated carbocycles. The van der Waals surface area contributed by atoms with Crippen LogP contribution >= 0.6 is 0 Å². The Bertz CT molecular complexity index is 1070. The Morgan fingerprint density at radius 2 is 1.52 bits per heavy atom. The number of likely N-dealkylation sites (N-methyl/N-ethyl adjacent to an activating group) is 1. The van der Waals surface area contributed by atoms with Gasteiger partial charge in [0.2, 0.25) is 0 Å². The zero-order valence-electron chi connectivity index (χ0n) is 17.0. The van der Waals surface area contributed by atoms with Crippen molar-refractivity contribution in [3.63, 3.8) is 0 Å². The van der Waals surface area contributed by atoms with Crippen LogP contribution in [0.4, 0.5) is 10.2 Å². The van der Waals surface area contributed by atoms with E-state index in [1.807, 2.05) is 16.8 Å². The molecule has 0 radical (unpaired) electrons. The van der Waals surface area contributed by atoms with Crippen LogP contribution in [0.2, 0.25) is 0 Å². The zero-order valence-corrected chi connectivity index (χ0v) is 17.0. The summed E-state index contributed by atoms with van der Waals surface area (Å²) >= 11 is 0. The van der Waals surface area contributed by atoms with E-state index in [9.17, 15) is 14.0 Å². The molecule has 31 heavy (non-hydrogen) atoms. The molecular weight excluding hydrogens is 403 g/mol. The molecule has 2 aromatic carbocycles. The summed E-state index contributed by atoms with van der Waals surface area (Å²) in [6.45, 7) is 4.03. The monoisotopic (exact) mass is 426 g/mol. The van der Waals surface area contributed by atoms with E-state index in [0.717, 1.165) is 48.6 Å². The molecule has 1 aliphatic rings. The summed E-state index contributed by atoms with van der Waals surface area (Å²) in [4.78, 5) is 23.8. The van der Waals surface area contributed by atoms with Crippen molar-refractivity contribution in [2.45, 2.75) is 0 Å². The SMILES string of the molecule is CN1CCN(c2nn(-c3ccc(F)cc3)c3ccccc23)CC1.O=C(O)C=CC(=O)O. The quantitative estimate of drug-likeness (QED) is 0.619. The molecule has 0 aliphatic carbocycles. The highest BCUT2D eigenvalue weighted by molar-refractivity contribution is 5.92. The predicted octanol–water partition coefficient (Wildman–Crippen LogP) is 2.63. The lowest BCUT2D eigenvalue weighted by Crippen LogP contribution is -2.44. The first-order chi connectivity index (χ1) is 14.8. The van der Waals surface area contributed by atoms with Gasteiger partial charge in [0.1, 0.15) is 5.82 Å². The van der Waals surface area contributed by atoms with Crippen molar-refractivity contribution in [2.24, 2.45) is 0 Å². The van der Waals surface area contributed by atoms with Gasteiger partial charge in [-0.1, -0.05) is 12.1 Å².